The molecule has 374 valence electrons. The van der Waals surface area contributed by atoms with Gasteiger partial charge < -0.3 is 18.9 Å². The predicted molar refractivity (Wildman–Crippen MR) is 276 cm³/mol. The maximum absolute atomic E-state index is 12.4. The first-order valence-electron chi connectivity index (χ1n) is 27.3. The van der Waals surface area contributed by atoms with Gasteiger partial charge in [-0.3, -0.25) is 20.2 Å². The van der Waals surface area contributed by atoms with Gasteiger partial charge in [0.1, 0.15) is 18.3 Å². The number of carbonyl (C=O) groups excluding carboxylic acids is 3. The van der Waals surface area contributed by atoms with Crippen LogP contribution in [-0.4, -0.2) is 37.7 Å². The minimum absolute atomic E-state index is 0.200. The number of benzene rings is 3. The van der Waals surface area contributed by atoms with E-state index >= 15 is 0 Å². The number of rotatable bonds is 41. The number of urea groups is 1. The Bertz CT molecular complexity index is 1760. The Morgan fingerprint density at radius 1 is 0.403 bits per heavy atom. The predicted octanol–water partition coefficient (Wildman–Crippen LogP) is 15.8. The molecule has 0 aliphatic carbocycles. The number of carbonyl (C=O) groups is 3. The van der Waals surface area contributed by atoms with Crippen LogP contribution in [0.4, 0.5) is 4.79 Å². The summed E-state index contributed by atoms with van der Waals surface area (Å²) in [6.45, 7) is 9.06. The summed E-state index contributed by atoms with van der Waals surface area (Å²) >= 11 is 0. The molecule has 2 N–H and O–H groups in total. The van der Waals surface area contributed by atoms with Crippen LogP contribution in [0, 0.1) is 5.92 Å². The molecule has 9 nitrogen and oxygen atoms in total. The summed E-state index contributed by atoms with van der Waals surface area (Å²) in [6.07, 6.45) is 38.5. The van der Waals surface area contributed by atoms with Crippen molar-refractivity contribution in [1.82, 2.24) is 10.6 Å². The van der Waals surface area contributed by atoms with E-state index in [0.29, 0.717) is 26.4 Å². The van der Waals surface area contributed by atoms with Gasteiger partial charge in [0.05, 0.1) is 19.8 Å². The largest absolute Gasteiger partial charge is 0.490 e. The minimum atomic E-state index is -0.957. The molecule has 1 saturated heterocycles. The highest BCUT2D eigenvalue weighted by Crippen LogP contribution is 2.40. The van der Waals surface area contributed by atoms with Crippen molar-refractivity contribution in [2.75, 3.05) is 19.8 Å². The van der Waals surface area contributed by atoms with E-state index in [2.05, 4.69) is 43.5 Å². The molecule has 1 aliphatic rings. The number of imide groups is 2. The molecule has 0 radical (unpaired) electrons. The van der Waals surface area contributed by atoms with Gasteiger partial charge in [0.2, 0.25) is 17.6 Å². The van der Waals surface area contributed by atoms with Gasteiger partial charge in [-0.1, -0.05) is 218 Å². The molecule has 1 aliphatic heterocycles. The number of nitrogens with one attached hydrogen (secondary N) is 2. The highest BCUT2D eigenvalue weighted by molar-refractivity contribution is 6.16. The maximum Gasteiger partial charge on any atom is 0.328 e. The number of ether oxygens (including phenoxy) is 4. The standard InChI is InChI=1S/C58H90N2O7/c1-4-7-10-13-16-19-22-25-28-31-38-64-53-43-48(46-67-51-37-36-49-41-47(34-35-50(49)45-51)42-52-56(61)59-58(63)60-57(52)62)44-54(65-39-32-29-26-23-20-17-14-11-8-5-2)55(53)66-40-33-30-27-24-21-18-15-12-9-6-3/h34-37,41,43-45,52H,4-33,38-40,42,46H2,1-3H3,(H2,59,60,61,62,63). The molecule has 3 aromatic carbocycles. The highest BCUT2D eigenvalue weighted by atomic mass is 16.5. The molecule has 4 amide bonds. The third-order valence-electron chi connectivity index (χ3n) is 13.2. The van der Waals surface area contributed by atoms with E-state index in [1.807, 2.05) is 36.4 Å². The lowest BCUT2D eigenvalue weighted by atomic mass is 9.95. The van der Waals surface area contributed by atoms with E-state index in [9.17, 15) is 14.4 Å². The second-order valence-corrected chi connectivity index (χ2v) is 19.2. The van der Waals surface area contributed by atoms with Crippen LogP contribution in [0.1, 0.15) is 225 Å². The van der Waals surface area contributed by atoms with Gasteiger partial charge in [-0.25, -0.2) is 4.79 Å². The molecule has 0 bridgehead atoms. The van der Waals surface area contributed by atoms with Crippen molar-refractivity contribution < 1.29 is 33.3 Å². The van der Waals surface area contributed by atoms with Crippen LogP contribution in [-0.2, 0) is 22.6 Å². The van der Waals surface area contributed by atoms with Crippen LogP contribution < -0.4 is 29.6 Å². The van der Waals surface area contributed by atoms with E-state index < -0.39 is 23.8 Å². The Morgan fingerprint density at radius 2 is 0.791 bits per heavy atom. The summed E-state index contributed by atoms with van der Waals surface area (Å²) in [5.74, 6) is 0.802. The molecule has 0 unspecified atom stereocenters. The summed E-state index contributed by atoms with van der Waals surface area (Å²) in [6, 6.07) is 15.2. The Labute approximate surface area is 406 Å². The molecular formula is C58H90N2O7. The van der Waals surface area contributed by atoms with Gasteiger partial charge in [0.15, 0.2) is 11.5 Å². The highest BCUT2D eigenvalue weighted by Gasteiger charge is 2.34. The Morgan fingerprint density at radius 3 is 1.24 bits per heavy atom. The zero-order chi connectivity index (χ0) is 47.6. The van der Waals surface area contributed by atoms with Crippen molar-refractivity contribution in [1.29, 1.82) is 0 Å². The summed E-state index contributed by atoms with van der Waals surface area (Å²) in [5.41, 5.74) is 1.79. The second-order valence-electron chi connectivity index (χ2n) is 19.2. The van der Waals surface area contributed by atoms with E-state index in [1.54, 1.807) is 0 Å². The molecule has 4 rings (SSSR count). The summed E-state index contributed by atoms with van der Waals surface area (Å²) in [7, 11) is 0. The summed E-state index contributed by atoms with van der Waals surface area (Å²) in [4.78, 5) is 36.2. The Hall–Kier alpha value is -4.27. The van der Waals surface area contributed by atoms with Gasteiger partial charge in [-0.05, 0) is 71.8 Å². The van der Waals surface area contributed by atoms with Gasteiger partial charge in [0, 0.05) is 0 Å². The van der Waals surface area contributed by atoms with Gasteiger partial charge in [-0.15, -0.1) is 0 Å². The second kappa shape index (κ2) is 34.9. The smallest absolute Gasteiger partial charge is 0.328 e. The van der Waals surface area contributed by atoms with Crippen LogP contribution in [0.15, 0.2) is 48.5 Å². The third kappa shape index (κ3) is 23.1. The fourth-order valence-electron chi connectivity index (χ4n) is 9.00. The SMILES string of the molecule is CCCCCCCCCCCCOc1cc(COc2ccc3cc(CC4C(=O)NC(=O)NC4=O)ccc3c2)cc(OCCCCCCCCCCCC)c1OCCCCCCCCCCCC. The normalized spacial score (nSPS) is 13.0. The number of barbiturate groups is 1. The fraction of sp³-hybridized carbons (Fsp3) is 0.672. The van der Waals surface area contributed by atoms with Crippen molar-refractivity contribution in [2.24, 2.45) is 5.92 Å². The molecule has 0 spiro atoms. The maximum atomic E-state index is 12.4. The van der Waals surface area contributed by atoms with Crippen LogP contribution >= 0.6 is 0 Å². The lowest BCUT2D eigenvalue weighted by molar-refractivity contribution is -0.135. The third-order valence-corrected chi connectivity index (χ3v) is 13.2. The van der Waals surface area contributed by atoms with E-state index in [4.69, 9.17) is 18.9 Å². The molecule has 3 aromatic rings. The first kappa shape index (κ1) is 55.3. The molecule has 9 heteroatoms. The van der Waals surface area contributed by atoms with Gasteiger partial charge in [-0.2, -0.15) is 0 Å². The van der Waals surface area contributed by atoms with Crippen molar-refractivity contribution in [2.45, 2.75) is 226 Å². The average molecular weight is 927 g/mol. The number of hydrogen-bond donors (Lipinski definition) is 2. The zero-order valence-corrected chi connectivity index (χ0v) is 42.3. The van der Waals surface area contributed by atoms with E-state index in [-0.39, 0.29) is 6.42 Å². The average Bonchev–Trinajstić information content (AvgIpc) is 3.32. The molecular weight excluding hydrogens is 837 g/mol. The van der Waals surface area contributed by atoms with Gasteiger partial charge >= 0.3 is 6.03 Å². The monoisotopic (exact) mass is 927 g/mol. The first-order valence-corrected chi connectivity index (χ1v) is 27.3. The van der Waals surface area contributed by atoms with Crippen molar-refractivity contribution in [3.05, 3.63) is 59.7 Å². The minimum Gasteiger partial charge on any atom is -0.490 e. The molecule has 1 fully saturated rings. The molecule has 0 atom stereocenters. The number of fused-ring (bicyclic) bond motifs is 1. The van der Waals surface area contributed by atoms with Crippen LogP contribution in [0.2, 0.25) is 0 Å². The molecule has 1 heterocycles. The number of hydrogen-bond acceptors (Lipinski definition) is 7. The lowest BCUT2D eigenvalue weighted by Crippen LogP contribution is -2.56. The van der Waals surface area contributed by atoms with Crippen molar-refractivity contribution in [3.8, 4) is 23.0 Å². The van der Waals surface area contributed by atoms with Gasteiger partial charge in [0.25, 0.3) is 0 Å². The van der Waals surface area contributed by atoms with Crippen molar-refractivity contribution >= 4 is 28.6 Å². The van der Waals surface area contributed by atoms with Crippen LogP contribution in [0.25, 0.3) is 10.8 Å². The fourth-order valence-corrected chi connectivity index (χ4v) is 9.00. The quantitative estimate of drug-likeness (QED) is 0.0430. The zero-order valence-electron chi connectivity index (χ0n) is 42.3. The molecule has 67 heavy (non-hydrogen) atoms. The van der Waals surface area contributed by atoms with Crippen molar-refractivity contribution in [3.63, 3.8) is 0 Å². The Balaban J connectivity index is 1.41. The number of unbranched alkanes of at least 4 members (excludes halogenated alkanes) is 27. The Kier molecular flexibility index (Phi) is 28.8. The van der Waals surface area contributed by atoms with E-state index in [0.717, 1.165) is 83.4 Å². The number of amides is 4. The summed E-state index contributed by atoms with van der Waals surface area (Å²) in [5, 5.41) is 6.32. The van der Waals surface area contributed by atoms with Crippen LogP contribution in [0.5, 0.6) is 23.0 Å². The lowest BCUT2D eigenvalue weighted by Gasteiger charge is -2.20. The van der Waals surface area contributed by atoms with E-state index in [1.165, 1.54) is 154 Å². The topological polar surface area (TPSA) is 112 Å². The molecule has 0 aromatic heterocycles. The molecule has 0 saturated carbocycles. The summed E-state index contributed by atoms with van der Waals surface area (Å²) < 4.78 is 26.3. The van der Waals surface area contributed by atoms with Crippen LogP contribution in [0.3, 0.4) is 0 Å². The first-order chi connectivity index (χ1) is 32.9.